The van der Waals surface area contributed by atoms with Gasteiger partial charge in [-0.2, -0.15) is 0 Å². The van der Waals surface area contributed by atoms with Crippen molar-refractivity contribution in [3.05, 3.63) is 24.5 Å². The number of carbonyl (C=O) groups excluding carboxylic acids is 1. The molecule has 1 aromatic heterocycles. The molecule has 0 aliphatic carbocycles. The smallest absolute Gasteiger partial charge is 0.311 e. The van der Waals surface area contributed by atoms with Crippen LogP contribution in [0.2, 0.25) is 0 Å². The summed E-state index contributed by atoms with van der Waals surface area (Å²) in [7, 11) is 0. The molecule has 3 nitrogen and oxygen atoms in total. The molecule has 0 unspecified atom stereocenters. The number of aromatic nitrogens is 1. The molecule has 0 radical (unpaired) electrons. The first-order valence-corrected chi connectivity index (χ1v) is 13.4. The van der Waals surface area contributed by atoms with Gasteiger partial charge in [-0.15, -0.1) is 0 Å². The monoisotopic (exact) mass is 431 g/mol. The minimum atomic E-state index is -0.131. The van der Waals surface area contributed by atoms with Gasteiger partial charge in [-0.3, -0.25) is 9.78 Å². The molecule has 0 saturated carbocycles. The molecular formula is C28H49NO2. The van der Waals surface area contributed by atoms with Gasteiger partial charge in [0.05, 0.1) is 0 Å². The molecule has 1 rings (SSSR count). The van der Waals surface area contributed by atoms with E-state index in [1.807, 2.05) is 0 Å². The van der Waals surface area contributed by atoms with Crippen molar-refractivity contribution in [2.45, 2.75) is 142 Å². The SMILES string of the molecule is CCCCCCCCCCCCCCCCCCCCCCC(=O)Oc1ccncc1. The second-order valence-corrected chi connectivity index (χ2v) is 9.12. The molecule has 0 fully saturated rings. The maximum absolute atomic E-state index is 11.8. The van der Waals surface area contributed by atoms with E-state index in [-0.39, 0.29) is 5.97 Å². The Hall–Kier alpha value is -1.38. The molecule has 1 aromatic rings. The zero-order valence-electron chi connectivity index (χ0n) is 20.4. The lowest BCUT2D eigenvalue weighted by atomic mass is 10.0. The van der Waals surface area contributed by atoms with Crippen LogP contribution in [-0.4, -0.2) is 11.0 Å². The summed E-state index contributed by atoms with van der Waals surface area (Å²) in [6.07, 6.45) is 31.2. The Kier molecular flexibility index (Phi) is 19.5. The van der Waals surface area contributed by atoms with Gasteiger partial charge in [0.1, 0.15) is 5.75 Å². The van der Waals surface area contributed by atoms with Crippen LogP contribution in [-0.2, 0) is 4.79 Å². The molecule has 0 aromatic carbocycles. The lowest BCUT2D eigenvalue weighted by molar-refractivity contribution is -0.134. The minimum Gasteiger partial charge on any atom is -0.426 e. The van der Waals surface area contributed by atoms with Crippen LogP contribution in [0.1, 0.15) is 142 Å². The van der Waals surface area contributed by atoms with Crippen LogP contribution in [0.5, 0.6) is 5.75 Å². The molecule has 0 atom stereocenters. The predicted molar refractivity (Wildman–Crippen MR) is 133 cm³/mol. The number of esters is 1. The Morgan fingerprint density at radius 2 is 0.968 bits per heavy atom. The summed E-state index contributed by atoms with van der Waals surface area (Å²) in [5.41, 5.74) is 0. The van der Waals surface area contributed by atoms with E-state index in [0.29, 0.717) is 12.2 Å². The molecule has 3 heteroatoms. The van der Waals surface area contributed by atoms with Gasteiger partial charge >= 0.3 is 5.97 Å². The Morgan fingerprint density at radius 3 is 1.35 bits per heavy atom. The molecule has 1 heterocycles. The third-order valence-corrected chi connectivity index (χ3v) is 6.12. The molecule has 0 saturated heterocycles. The van der Waals surface area contributed by atoms with E-state index in [9.17, 15) is 4.79 Å². The molecule has 0 N–H and O–H groups in total. The average Bonchev–Trinajstić information content (AvgIpc) is 2.78. The van der Waals surface area contributed by atoms with E-state index < -0.39 is 0 Å². The Labute approximate surface area is 192 Å². The van der Waals surface area contributed by atoms with Gasteiger partial charge in [0.15, 0.2) is 0 Å². The molecule has 0 aliphatic heterocycles. The molecule has 0 amide bonds. The summed E-state index contributed by atoms with van der Waals surface area (Å²) in [6, 6.07) is 3.43. The van der Waals surface area contributed by atoms with Crippen molar-refractivity contribution in [3.8, 4) is 5.75 Å². The molecule has 0 bridgehead atoms. The number of carbonyl (C=O) groups is 1. The van der Waals surface area contributed by atoms with Gasteiger partial charge in [0.25, 0.3) is 0 Å². The largest absolute Gasteiger partial charge is 0.426 e. The van der Waals surface area contributed by atoms with Crippen molar-refractivity contribution in [2.75, 3.05) is 0 Å². The fourth-order valence-corrected chi connectivity index (χ4v) is 4.11. The quantitative estimate of drug-likeness (QED) is 0.136. The number of rotatable bonds is 22. The fraction of sp³-hybridized carbons (Fsp3) is 0.786. The van der Waals surface area contributed by atoms with E-state index >= 15 is 0 Å². The third-order valence-electron chi connectivity index (χ3n) is 6.12. The first-order valence-electron chi connectivity index (χ1n) is 13.4. The summed E-state index contributed by atoms with van der Waals surface area (Å²) >= 11 is 0. The normalized spacial score (nSPS) is 11.0. The molecule has 0 spiro atoms. The van der Waals surface area contributed by atoms with Crippen molar-refractivity contribution in [2.24, 2.45) is 0 Å². The van der Waals surface area contributed by atoms with Gasteiger partial charge in [-0.25, -0.2) is 0 Å². The first-order chi connectivity index (χ1) is 15.3. The highest BCUT2D eigenvalue weighted by Crippen LogP contribution is 2.15. The Balaban J connectivity index is 1.71. The average molecular weight is 432 g/mol. The van der Waals surface area contributed by atoms with Crippen molar-refractivity contribution in [1.29, 1.82) is 0 Å². The minimum absolute atomic E-state index is 0.131. The highest BCUT2D eigenvalue weighted by atomic mass is 16.5. The van der Waals surface area contributed by atoms with Gasteiger partial charge in [-0.05, 0) is 18.6 Å². The second-order valence-electron chi connectivity index (χ2n) is 9.12. The van der Waals surface area contributed by atoms with Crippen LogP contribution in [0, 0.1) is 0 Å². The number of hydrogen-bond acceptors (Lipinski definition) is 3. The van der Waals surface area contributed by atoms with E-state index in [2.05, 4.69) is 11.9 Å². The number of nitrogens with zero attached hydrogens (tertiary/aromatic N) is 1. The summed E-state index contributed by atoms with van der Waals surface area (Å²) in [5, 5.41) is 0. The Morgan fingerprint density at radius 1 is 0.613 bits per heavy atom. The highest BCUT2D eigenvalue weighted by molar-refractivity contribution is 5.72. The summed E-state index contributed by atoms with van der Waals surface area (Å²) < 4.78 is 5.28. The topological polar surface area (TPSA) is 39.2 Å². The van der Waals surface area contributed by atoms with E-state index in [0.717, 1.165) is 12.8 Å². The summed E-state index contributed by atoms with van der Waals surface area (Å²) in [6.45, 7) is 2.29. The van der Waals surface area contributed by atoms with Gasteiger partial charge in [0, 0.05) is 18.8 Å². The van der Waals surface area contributed by atoms with Crippen molar-refractivity contribution >= 4 is 5.97 Å². The molecule has 178 valence electrons. The maximum atomic E-state index is 11.8. The highest BCUT2D eigenvalue weighted by Gasteiger charge is 2.04. The zero-order valence-corrected chi connectivity index (χ0v) is 20.4. The second kappa shape index (κ2) is 21.8. The fourth-order valence-electron chi connectivity index (χ4n) is 4.11. The van der Waals surface area contributed by atoms with Crippen LogP contribution in [0.4, 0.5) is 0 Å². The van der Waals surface area contributed by atoms with Crippen LogP contribution in [0.3, 0.4) is 0 Å². The van der Waals surface area contributed by atoms with Crippen LogP contribution in [0.15, 0.2) is 24.5 Å². The van der Waals surface area contributed by atoms with Crippen molar-refractivity contribution in [3.63, 3.8) is 0 Å². The molecular weight excluding hydrogens is 382 g/mol. The standard InChI is InChI=1S/C28H49NO2/c1-2-3-4-5-6-7-8-9-10-11-12-13-14-15-16-17-18-19-20-21-22-28(30)31-27-23-25-29-26-24-27/h23-26H,2-22H2,1H3. The van der Waals surface area contributed by atoms with Crippen molar-refractivity contribution < 1.29 is 9.53 Å². The summed E-state index contributed by atoms with van der Waals surface area (Å²) in [5.74, 6) is 0.460. The summed E-state index contributed by atoms with van der Waals surface area (Å²) in [4.78, 5) is 15.7. The van der Waals surface area contributed by atoms with Crippen LogP contribution in [0.25, 0.3) is 0 Å². The van der Waals surface area contributed by atoms with Crippen LogP contribution < -0.4 is 4.74 Å². The Bertz CT molecular complexity index is 503. The number of unbranched alkanes of at least 4 members (excludes halogenated alkanes) is 19. The lowest BCUT2D eigenvalue weighted by Crippen LogP contribution is -2.07. The zero-order chi connectivity index (χ0) is 22.2. The predicted octanol–water partition coefficient (Wildman–Crippen LogP) is 9.20. The first kappa shape index (κ1) is 27.7. The number of hydrogen-bond donors (Lipinski definition) is 0. The van der Waals surface area contributed by atoms with E-state index in [4.69, 9.17) is 4.74 Å². The van der Waals surface area contributed by atoms with E-state index in [1.165, 1.54) is 116 Å². The lowest BCUT2D eigenvalue weighted by Gasteiger charge is -2.05. The van der Waals surface area contributed by atoms with Crippen LogP contribution >= 0.6 is 0 Å². The van der Waals surface area contributed by atoms with Crippen molar-refractivity contribution in [1.82, 2.24) is 4.98 Å². The maximum Gasteiger partial charge on any atom is 0.311 e. The van der Waals surface area contributed by atoms with Gasteiger partial charge < -0.3 is 4.74 Å². The van der Waals surface area contributed by atoms with Gasteiger partial charge in [0.2, 0.25) is 0 Å². The third kappa shape index (κ3) is 19.1. The number of ether oxygens (including phenoxy) is 1. The van der Waals surface area contributed by atoms with E-state index in [1.54, 1.807) is 24.5 Å². The molecule has 31 heavy (non-hydrogen) atoms. The number of pyridine rings is 1. The molecule has 0 aliphatic rings. The van der Waals surface area contributed by atoms with Gasteiger partial charge in [-0.1, -0.05) is 129 Å².